The molecule has 1 fully saturated rings. The van der Waals surface area contributed by atoms with E-state index in [0.29, 0.717) is 37.6 Å². The highest BCUT2D eigenvalue weighted by Crippen LogP contribution is 2.30. The Morgan fingerprint density at radius 2 is 2.44 bits per heavy atom. The average molecular weight is 251 g/mol. The molecule has 98 valence electrons. The molecular formula is C12H17N3O3. The van der Waals surface area contributed by atoms with E-state index in [1.807, 2.05) is 0 Å². The van der Waals surface area contributed by atoms with Crippen molar-refractivity contribution in [2.24, 2.45) is 5.73 Å². The molecule has 2 rings (SSSR count). The Labute approximate surface area is 105 Å². The fraction of sp³-hybridized carbons (Fsp3) is 0.583. The summed E-state index contributed by atoms with van der Waals surface area (Å²) in [6.45, 7) is 4.42. The highest BCUT2D eigenvalue weighted by molar-refractivity contribution is 5.73. The Morgan fingerprint density at radius 1 is 1.61 bits per heavy atom. The van der Waals surface area contributed by atoms with Gasteiger partial charge in [0.05, 0.1) is 12.0 Å². The van der Waals surface area contributed by atoms with Crippen LogP contribution >= 0.6 is 0 Å². The summed E-state index contributed by atoms with van der Waals surface area (Å²) in [6, 6.07) is 0. The van der Waals surface area contributed by atoms with Crippen LogP contribution in [0.3, 0.4) is 0 Å². The lowest BCUT2D eigenvalue weighted by atomic mass is 10.0. The summed E-state index contributed by atoms with van der Waals surface area (Å²) in [5, 5.41) is 3.96. The zero-order valence-electron chi connectivity index (χ0n) is 10.2. The quantitative estimate of drug-likeness (QED) is 0.759. The molecule has 2 atom stereocenters. The topological polar surface area (TPSA) is 91.2 Å². The lowest BCUT2D eigenvalue weighted by Gasteiger charge is -2.09. The zero-order valence-corrected chi connectivity index (χ0v) is 10.2. The molecule has 0 aromatic carbocycles. The van der Waals surface area contributed by atoms with Crippen molar-refractivity contribution in [1.82, 2.24) is 10.1 Å². The number of rotatable bonds is 6. The van der Waals surface area contributed by atoms with Crippen LogP contribution in [0.15, 0.2) is 17.2 Å². The van der Waals surface area contributed by atoms with Gasteiger partial charge in [0.25, 0.3) is 0 Å². The largest absolute Gasteiger partial charge is 0.373 e. The summed E-state index contributed by atoms with van der Waals surface area (Å²) >= 11 is 0. The van der Waals surface area contributed by atoms with E-state index in [1.165, 1.54) is 0 Å². The van der Waals surface area contributed by atoms with E-state index in [1.54, 1.807) is 6.08 Å². The molecule has 0 bridgehead atoms. The highest BCUT2D eigenvalue weighted by Gasteiger charge is 2.31. The number of carbonyl (C=O) groups is 1. The average Bonchev–Trinajstić information content (AvgIpc) is 2.95. The predicted molar refractivity (Wildman–Crippen MR) is 63.7 cm³/mol. The third-order valence-corrected chi connectivity index (χ3v) is 3.00. The van der Waals surface area contributed by atoms with Gasteiger partial charge in [0.15, 0.2) is 5.82 Å². The number of carbonyl (C=O) groups excluding carboxylic acids is 1. The van der Waals surface area contributed by atoms with Crippen LogP contribution in [-0.2, 0) is 16.0 Å². The monoisotopic (exact) mass is 251 g/mol. The molecule has 6 nitrogen and oxygen atoms in total. The first-order valence-corrected chi connectivity index (χ1v) is 6.05. The summed E-state index contributed by atoms with van der Waals surface area (Å²) in [5.41, 5.74) is 5.06. The molecule has 0 saturated carbocycles. The van der Waals surface area contributed by atoms with Crippen LogP contribution < -0.4 is 5.73 Å². The number of nitrogens with two attached hydrogens (primary N) is 1. The fourth-order valence-corrected chi connectivity index (χ4v) is 2.05. The van der Waals surface area contributed by atoms with Crippen molar-refractivity contribution >= 4 is 5.91 Å². The summed E-state index contributed by atoms with van der Waals surface area (Å²) in [7, 11) is 0. The second-order valence-electron chi connectivity index (χ2n) is 4.33. The molecule has 1 aliphatic rings. The van der Waals surface area contributed by atoms with E-state index < -0.39 is 0 Å². The van der Waals surface area contributed by atoms with Gasteiger partial charge in [-0.3, -0.25) is 4.79 Å². The maximum atomic E-state index is 10.6. The molecule has 0 unspecified atom stereocenters. The molecule has 18 heavy (non-hydrogen) atoms. The molecule has 0 radical (unpaired) electrons. The number of amides is 1. The van der Waals surface area contributed by atoms with Gasteiger partial charge in [-0.15, -0.1) is 6.58 Å². The van der Waals surface area contributed by atoms with E-state index in [2.05, 4.69) is 16.7 Å². The highest BCUT2D eigenvalue weighted by atomic mass is 16.5. The minimum atomic E-state index is -0.314. The summed E-state index contributed by atoms with van der Waals surface area (Å²) in [4.78, 5) is 14.9. The number of primary amides is 1. The second-order valence-corrected chi connectivity index (χ2v) is 4.33. The maximum absolute atomic E-state index is 10.6. The van der Waals surface area contributed by atoms with Gasteiger partial charge in [-0.2, -0.15) is 4.98 Å². The van der Waals surface area contributed by atoms with Gasteiger partial charge in [-0.25, -0.2) is 0 Å². The van der Waals surface area contributed by atoms with Gasteiger partial charge in [-0.05, 0) is 12.8 Å². The van der Waals surface area contributed by atoms with Crippen LogP contribution in [0.5, 0.6) is 0 Å². The first kappa shape index (κ1) is 12.8. The molecule has 1 aromatic rings. The molecule has 0 spiro atoms. The Kier molecular flexibility index (Phi) is 4.09. The minimum absolute atomic E-state index is 0.0407. The van der Waals surface area contributed by atoms with Gasteiger partial charge in [0, 0.05) is 19.4 Å². The van der Waals surface area contributed by atoms with E-state index in [-0.39, 0.29) is 17.9 Å². The van der Waals surface area contributed by atoms with Crippen LogP contribution in [0.1, 0.15) is 36.9 Å². The Balaban J connectivity index is 1.93. The van der Waals surface area contributed by atoms with Gasteiger partial charge >= 0.3 is 0 Å². The van der Waals surface area contributed by atoms with Gasteiger partial charge in [-0.1, -0.05) is 11.2 Å². The van der Waals surface area contributed by atoms with Gasteiger partial charge < -0.3 is 15.0 Å². The number of aryl methyl sites for hydroxylation is 1. The van der Waals surface area contributed by atoms with Crippen molar-refractivity contribution in [2.45, 2.75) is 37.7 Å². The van der Waals surface area contributed by atoms with E-state index in [4.69, 9.17) is 15.0 Å². The Bertz CT molecular complexity index is 430. The van der Waals surface area contributed by atoms with Crippen LogP contribution in [0.2, 0.25) is 0 Å². The van der Waals surface area contributed by atoms with Crippen molar-refractivity contribution in [3.05, 3.63) is 24.4 Å². The summed E-state index contributed by atoms with van der Waals surface area (Å²) in [6.07, 6.45) is 4.13. The lowest BCUT2D eigenvalue weighted by Crippen LogP contribution is -2.12. The van der Waals surface area contributed by atoms with E-state index in [0.717, 1.165) is 6.42 Å². The Morgan fingerprint density at radius 3 is 3.17 bits per heavy atom. The third-order valence-electron chi connectivity index (χ3n) is 3.00. The Hall–Kier alpha value is -1.69. The molecule has 1 saturated heterocycles. The SMILES string of the molecule is C=C[C@@H]1OCC[C@H]1c1noc(CCCC(N)=O)n1. The van der Waals surface area contributed by atoms with Crippen LogP contribution in [-0.4, -0.2) is 28.8 Å². The van der Waals surface area contributed by atoms with Crippen molar-refractivity contribution in [3.8, 4) is 0 Å². The molecule has 1 amide bonds. The fourth-order valence-electron chi connectivity index (χ4n) is 2.05. The van der Waals surface area contributed by atoms with E-state index >= 15 is 0 Å². The summed E-state index contributed by atoms with van der Waals surface area (Å²) in [5.74, 6) is 1.01. The smallest absolute Gasteiger partial charge is 0.226 e. The lowest BCUT2D eigenvalue weighted by molar-refractivity contribution is -0.118. The van der Waals surface area contributed by atoms with Crippen LogP contribution in [0.25, 0.3) is 0 Å². The maximum Gasteiger partial charge on any atom is 0.226 e. The molecule has 0 aliphatic carbocycles. The zero-order chi connectivity index (χ0) is 13.0. The molecule has 1 aromatic heterocycles. The van der Waals surface area contributed by atoms with Crippen LogP contribution in [0.4, 0.5) is 0 Å². The van der Waals surface area contributed by atoms with E-state index in [9.17, 15) is 4.79 Å². The predicted octanol–water partition coefficient (Wildman–Crippen LogP) is 0.936. The standard InChI is InChI=1S/C12H17N3O3/c1-2-9-8(6-7-17-9)12-14-11(18-15-12)5-3-4-10(13)16/h2,8-9H,1,3-7H2,(H2,13,16)/t8-,9+/m1/s1. The number of hydrogen-bond acceptors (Lipinski definition) is 5. The van der Waals surface area contributed by atoms with Gasteiger partial charge in [0.2, 0.25) is 11.8 Å². The third kappa shape index (κ3) is 2.95. The molecule has 1 aliphatic heterocycles. The van der Waals surface area contributed by atoms with Gasteiger partial charge in [0.1, 0.15) is 0 Å². The number of ether oxygens (including phenoxy) is 1. The first-order valence-electron chi connectivity index (χ1n) is 6.05. The number of aromatic nitrogens is 2. The summed E-state index contributed by atoms with van der Waals surface area (Å²) < 4.78 is 10.6. The second kappa shape index (κ2) is 5.77. The van der Waals surface area contributed by atoms with Crippen molar-refractivity contribution in [2.75, 3.05) is 6.61 Å². The normalized spacial score (nSPS) is 23.1. The number of nitrogens with zero attached hydrogens (tertiary/aromatic N) is 2. The van der Waals surface area contributed by atoms with Crippen LogP contribution in [0, 0.1) is 0 Å². The number of hydrogen-bond donors (Lipinski definition) is 1. The molecule has 2 N–H and O–H groups in total. The molecule has 6 heteroatoms. The molecule has 2 heterocycles. The minimum Gasteiger partial charge on any atom is -0.373 e. The van der Waals surface area contributed by atoms with Crippen molar-refractivity contribution < 1.29 is 14.1 Å². The van der Waals surface area contributed by atoms with Crippen molar-refractivity contribution in [3.63, 3.8) is 0 Å². The first-order chi connectivity index (χ1) is 8.70. The molecular weight excluding hydrogens is 234 g/mol. The van der Waals surface area contributed by atoms with Crippen molar-refractivity contribution in [1.29, 1.82) is 0 Å².